The van der Waals surface area contributed by atoms with Crippen LogP contribution in [-0.2, 0) is 9.53 Å². The van der Waals surface area contributed by atoms with E-state index >= 15 is 0 Å². The van der Waals surface area contributed by atoms with Gasteiger partial charge in [0, 0.05) is 5.69 Å². The summed E-state index contributed by atoms with van der Waals surface area (Å²) in [6.07, 6.45) is 2.51. The van der Waals surface area contributed by atoms with Gasteiger partial charge in [0.25, 0.3) is 0 Å². The summed E-state index contributed by atoms with van der Waals surface area (Å²) in [5.41, 5.74) is 0.786. The van der Waals surface area contributed by atoms with Crippen LogP contribution in [0.4, 0.5) is 5.69 Å². The average Bonchev–Trinajstić information content (AvgIpc) is 2.49. The molecule has 114 valence electrons. The minimum atomic E-state index is -0.983. The third-order valence-electron chi connectivity index (χ3n) is 3.38. The van der Waals surface area contributed by atoms with Crippen LogP contribution in [-0.4, -0.2) is 42.8 Å². The largest absolute Gasteiger partial charge is 0.478 e. The molecule has 0 bridgehead atoms. The number of carbonyl (C=O) groups excluding carboxylic acids is 1. The van der Waals surface area contributed by atoms with Gasteiger partial charge in [-0.15, -0.1) is 0 Å². The van der Waals surface area contributed by atoms with Gasteiger partial charge >= 0.3 is 5.97 Å². The third kappa shape index (κ3) is 5.17. The Balaban J connectivity index is 1.70. The fourth-order valence-corrected chi connectivity index (χ4v) is 2.20. The molecule has 6 nitrogen and oxygen atoms in total. The topological polar surface area (TPSA) is 87.7 Å². The van der Waals surface area contributed by atoms with Crippen LogP contribution in [0, 0.1) is 0 Å². The maximum Gasteiger partial charge on any atom is 0.335 e. The molecule has 6 heteroatoms. The van der Waals surface area contributed by atoms with Crippen LogP contribution >= 0.6 is 0 Å². The highest BCUT2D eigenvalue weighted by atomic mass is 16.5. The maximum absolute atomic E-state index is 11.8. The molecule has 0 radical (unpaired) electrons. The van der Waals surface area contributed by atoms with Gasteiger partial charge in [0.2, 0.25) is 5.91 Å². The monoisotopic (exact) mass is 292 g/mol. The first kappa shape index (κ1) is 15.5. The highest BCUT2D eigenvalue weighted by Crippen LogP contribution is 2.11. The molecule has 1 aliphatic rings. The van der Waals surface area contributed by atoms with Gasteiger partial charge in [-0.05, 0) is 50.2 Å². The van der Waals surface area contributed by atoms with Crippen molar-refractivity contribution < 1.29 is 19.4 Å². The van der Waals surface area contributed by atoms with Crippen molar-refractivity contribution in [1.82, 2.24) is 5.32 Å². The van der Waals surface area contributed by atoms with Crippen LogP contribution in [0.3, 0.4) is 0 Å². The normalized spacial score (nSPS) is 15.6. The maximum atomic E-state index is 11.8. The average molecular weight is 292 g/mol. The summed E-state index contributed by atoms with van der Waals surface area (Å²) in [5.74, 6) is -1.12. The Hall–Kier alpha value is -1.92. The molecule has 0 unspecified atom stereocenters. The lowest BCUT2D eigenvalue weighted by atomic mass is 10.1. The Labute approximate surface area is 123 Å². The van der Waals surface area contributed by atoms with E-state index in [0.29, 0.717) is 18.7 Å². The first-order valence-corrected chi connectivity index (χ1v) is 7.10. The van der Waals surface area contributed by atoms with E-state index < -0.39 is 5.97 Å². The zero-order valence-corrected chi connectivity index (χ0v) is 11.8. The second kappa shape index (κ2) is 7.75. The molecule has 0 aliphatic carbocycles. The lowest BCUT2D eigenvalue weighted by molar-refractivity contribution is -0.117. The quantitative estimate of drug-likeness (QED) is 0.739. The Kier molecular flexibility index (Phi) is 5.71. The van der Waals surface area contributed by atoms with Gasteiger partial charge in [0.05, 0.1) is 24.7 Å². The molecule has 1 amide bonds. The molecule has 1 saturated heterocycles. The summed E-state index contributed by atoms with van der Waals surface area (Å²) in [5, 5.41) is 14.8. The van der Waals surface area contributed by atoms with Gasteiger partial charge in [0.15, 0.2) is 0 Å². The van der Waals surface area contributed by atoms with Crippen molar-refractivity contribution in [2.24, 2.45) is 0 Å². The number of hydrogen-bond donors (Lipinski definition) is 3. The lowest BCUT2D eigenvalue weighted by Gasteiger charge is -2.22. The number of aromatic carboxylic acids is 1. The Morgan fingerprint density at radius 1 is 1.24 bits per heavy atom. The summed E-state index contributed by atoms with van der Waals surface area (Å²) in [6.45, 7) is 2.34. The molecular weight excluding hydrogens is 272 g/mol. The standard InChI is InChI=1S/C15H20N2O4/c18-14(7-10-21-13-5-8-16-9-6-13)17-12-3-1-11(2-4-12)15(19)20/h1-4,13,16H,5-10H2,(H,17,18)(H,19,20). The number of nitrogens with one attached hydrogen (secondary N) is 2. The highest BCUT2D eigenvalue weighted by Gasteiger charge is 2.13. The molecule has 1 fully saturated rings. The summed E-state index contributed by atoms with van der Waals surface area (Å²) in [7, 11) is 0. The molecule has 3 N–H and O–H groups in total. The number of ether oxygens (including phenoxy) is 1. The van der Waals surface area contributed by atoms with Crippen molar-refractivity contribution in [1.29, 1.82) is 0 Å². The number of piperidine rings is 1. The zero-order valence-electron chi connectivity index (χ0n) is 11.8. The van der Waals surface area contributed by atoms with Crippen LogP contribution in [0.2, 0.25) is 0 Å². The van der Waals surface area contributed by atoms with Gasteiger partial charge in [-0.2, -0.15) is 0 Å². The first-order valence-electron chi connectivity index (χ1n) is 7.10. The van der Waals surface area contributed by atoms with Crippen LogP contribution in [0.1, 0.15) is 29.6 Å². The molecule has 21 heavy (non-hydrogen) atoms. The van der Waals surface area contributed by atoms with E-state index in [4.69, 9.17) is 9.84 Å². The first-order chi connectivity index (χ1) is 10.1. The smallest absolute Gasteiger partial charge is 0.335 e. The van der Waals surface area contributed by atoms with Crippen molar-refractivity contribution >= 4 is 17.6 Å². The molecule has 1 aromatic rings. The Morgan fingerprint density at radius 2 is 1.90 bits per heavy atom. The van der Waals surface area contributed by atoms with Crippen molar-refractivity contribution in [3.63, 3.8) is 0 Å². The number of rotatable bonds is 6. The number of carboxylic acids is 1. The molecule has 1 aromatic carbocycles. The summed E-state index contributed by atoms with van der Waals surface area (Å²) >= 11 is 0. The fraction of sp³-hybridized carbons (Fsp3) is 0.467. The minimum absolute atomic E-state index is 0.132. The second-order valence-electron chi connectivity index (χ2n) is 5.00. The molecular formula is C15H20N2O4. The predicted octanol–water partition coefficient (Wildman–Crippen LogP) is 1.48. The Bertz CT molecular complexity index is 481. The number of amides is 1. The van der Waals surface area contributed by atoms with Crippen LogP contribution in [0.5, 0.6) is 0 Å². The molecule has 1 heterocycles. The van der Waals surface area contributed by atoms with Gasteiger partial charge < -0.3 is 20.5 Å². The van der Waals surface area contributed by atoms with E-state index in [1.807, 2.05) is 0 Å². The highest BCUT2D eigenvalue weighted by molar-refractivity contribution is 5.92. The SMILES string of the molecule is O=C(CCOC1CCNCC1)Nc1ccc(C(=O)O)cc1. The molecule has 0 aromatic heterocycles. The van der Waals surface area contributed by atoms with E-state index in [2.05, 4.69) is 10.6 Å². The molecule has 2 rings (SSSR count). The van der Waals surface area contributed by atoms with Gasteiger partial charge in [0.1, 0.15) is 0 Å². The van der Waals surface area contributed by atoms with Gasteiger partial charge in [-0.25, -0.2) is 4.79 Å². The fourth-order valence-electron chi connectivity index (χ4n) is 2.20. The van der Waals surface area contributed by atoms with Crippen molar-refractivity contribution in [3.8, 4) is 0 Å². The van der Waals surface area contributed by atoms with E-state index in [1.165, 1.54) is 12.1 Å². The van der Waals surface area contributed by atoms with E-state index in [-0.39, 0.29) is 17.6 Å². The van der Waals surface area contributed by atoms with E-state index in [9.17, 15) is 9.59 Å². The second-order valence-corrected chi connectivity index (χ2v) is 5.00. The van der Waals surface area contributed by atoms with Crippen molar-refractivity contribution in [2.45, 2.75) is 25.4 Å². The van der Waals surface area contributed by atoms with Crippen molar-refractivity contribution in [2.75, 3.05) is 25.0 Å². The number of anilines is 1. The van der Waals surface area contributed by atoms with Crippen LogP contribution in [0.25, 0.3) is 0 Å². The number of carboxylic acid groups (broad SMARTS) is 1. The van der Waals surface area contributed by atoms with Crippen molar-refractivity contribution in [3.05, 3.63) is 29.8 Å². The molecule has 0 atom stereocenters. The van der Waals surface area contributed by atoms with Crippen LogP contribution in [0.15, 0.2) is 24.3 Å². The minimum Gasteiger partial charge on any atom is -0.478 e. The predicted molar refractivity (Wildman–Crippen MR) is 78.5 cm³/mol. The third-order valence-corrected chi connectivity index (χ3v) is 3.38. The van der Waals surface area contributed by atoms with Gasteiger partial charge in [-0.1, -0.05) is 0 Å². The lowest BCUT2D eigenvalue weighted by Crippen LogP contribution is -2.33. The number of carbonyl (C=O) groups is 2. The van der Waals surface area contributed by atoms with Crippen LogP contribution < -0.4 is 10.6 Å². The van der Waals surface area contributed by atoms with Gasteiger partial charge in [-0.3, -0.25) is 4.79 Å². The van der Waals surface area contributed by atoms with E-state index in [1.54, 1.807) is 12.1 Å². The molecule has 0 spiro atoms. The Morgan fingerprint density at radius 3 is 2.52 bits per heavy atom. The zero-order chi connectivity index (χ0) is 15.1. The summed E-state index contributed by atoms with van der Waals surface area (Å²) < 4.78 is 5.66. The summed E-state index contributed by atoms with van der Waals surface area (Å²) in [4.78, 5) is 22.5. The van der Waals surface area contributed by atoms with E-state index in [0.717, 1.165) is 25.9 Å². The number of hydrogen-bond acceptors (Lipinski definition) is 4. The molecule has 0 saturated carbocycles. The number of benzene rings is 1. The molecule has 1 aliphatic heterocycles. The summed E-state index contributed by atoms with van der Waals surface area (Å²) in [6, 6.07) is 6.08.